The second kappa shape index (κ2) is 7.27. The third-order valence-electron chi connectivity index (χ3n) is 5.50. The van der Waals surface area contributed by atoms with E-state index in [0.717, 1.165) is 30.4 Å². The lowest BCUT2D eigenvalue weighted by Gasteiger charge is -2.43. The highest BCUT2D eigenvalue weighted by molar-refractivity contribution is 7.99. The molecule has 1 aliphatic heterocycles. The van der Waals surface area contributed by atoms with E-state index in [0.29, 0.717) is 24.3 Å². The van der Waals surface area contributed by atoms with Crippen molar-refractivity contribution < 1.29 is 9.53 Å². The van der Waals surface area contributed by atoms with Crippen molar-refractivity contribution in [2.45, 2.75) is 81.6 Å². The molecule has 4 rings (SSSR count). The lowest BCUT2D eigenvalue weighted by molar-refractivity contribution is -0.146. The number of thioether (sulfide) groups is 1. The minimum Gasteiger partial charge on any atom is -0.374 e. The number of carbonyl (C=O) groups excluding carboxylic acids is 1. The molecule has 6 nitrogen and oxygen atoms in total. The first-order valence-electron chi connectivity index (χ1n) is 9.64. The maximum Gasteiger partial charge on any atom is 0.233 e. The number of hydrogen-bond donors (Lipinski definition) is 0. The molecule has 3 aliphatic rings. The normalized spacial score (nSPS) is 26.8. The fraction of sp³-hybridized carbons (Fsp3) is 0.833. The van der Waals surface area contributed by atoms with Gasteiger partial charge in [-0.15, -0.1) is 10.2 Å². The Hall–Kier alpha value is -1.08. The van der Waals surface area contributed by atoms with E-state index >= 15 is 0 Å². The summed E-state index contributed by atoms with van der Waals surface area (Å²) >= 11 is 1.55. The fourth-order valence-electron chi connectivity index (χ4n) is 4.07. The van der Waals surface area contributed by atoms with E-state index in [9.17, 15) is 4.79 Å². The minimum atomic E-state index is 0.224. The summed E-state index contributed by atoms with van der Waals surface area (Å²) in [7, 11) is 0. The summed E-state index contributed by atoms with van der Waals surface area (Å²) in [4.78, 5) is 14.9. The Morgan fingerprint density at radius 2 is 2.04 bits per heavy atom. The standard InChI is InChI=1S/C18H28N4O2S/c1-12(2)17-19-20-18(22(17)13-7-8-13)25-11-16(23)21-9-10-24-15-6-4-3-5-14(15)21/h12-15H,3-11H2,1-2H3/t14-,15-/m0/s1. The molecule has 2 heterocycles. The number of aromatic nitrogens is 3. The summed E-state index contributed by atoms with van der Waals surface area (Å²) in [6, 6.07) is 0.819. The molecular weight excluding hydrogens is 336 g/mol. The molecule has 3 fully saturated rings. The monoisotopic (exact) mass is 364 g/mol. The van der Waals surface area contributed by atoms with Crippen LogP contribution in [0.2, 0.25) is 0 Å². The SMILES string of the molecule is CC(C)c1nnc(SCC(=O)N2CCO[C@H]3CCCC[C@@H]32)n1C1CC1. The lowest BCUT2D eigenvalue weighted by atomic mass is 9.90. The zero-order chi connectivity index (χ0) is 17.4. The van der Waals surface area contributed by atoms with Crippen molar-refractivity contribution in [3.05, 3.63) is 5.82 Å². The van der Waals surface area contributed by atoms with E-state index < -0.39 is 0 Å². The van der Waals surface area contributed by atoms with Crippen LogP contribution in [0.15, 0.2) is 5.16 Å². The number of amides is 1. The smallest absolute Gasteiger partial charge is 0.233 e. The van der Waals surface area contributed by atoms with Gasteiger partial charge in [-0.1, -0.05) is 38.5 Å². The first-order valence-corrected chi connectivity index (χ1v) is 10.6. The predicted octanol–water partition coefficient (Wildman–Crippen LogP) is 3.00. The molecule has 0 unspecified atom stereocenters. The van der Waals surface area contributed by atoms with Crippen LogP contribution in [0.5, 0.6) is 0 Å². The molecule has 1 amide bonds. The molecule has 2 atom stereocenters. The summed E-state index contributed by atoms with van der Waals surface area (Å²) < 4.78 is 8.16. The fourth-order valence-corrected chi connectivity index (χ4v) is 4.97. The van der Waals surface area contributed by atoms with Crippen LogP contribution in [-0.2, 0) is 9.53 Å². The van der Waals surface area contributed by atoms with Crippen LogP contribution in [0, 0.1) is 0 Å². The number of ether oxygens (including phenoxy) is 1. The van der Waals surface area contributed by atoms with Crippen molar-refractivity contribution in [2.24, 2.45) is 0 Å². The van der Waals surface area contributed by atoms with Crippen molar-refractivity contribution in [3.63, 3.8) is 0 Å². The molecule has 1 aromatic heterocycles. The van der Waals surface area contributed by atoms with Gasteiger partial charge in [-0.05, 0) is 25.7 Å². The van der Waals surface area contributed by atoms with Gasteiger partial charge in [-0.2, -0.15) is 0 Å². The molecule has 1 aromatic rings. The number of hydrogen-bond acceptors (Lipinski definition) is 5. The highest BCUT2D eigenvalue weighted by atomic mass is 32.2. The van der Waals surface area contributed by atoms with Gasteiger partial charge >= 0.3 is 0 Å². The first kappa shape index (κ1) is 17.3. The molecule has 0 N–H and O–H groups in total. The Morgan fingerprint density at radius 1 is 1.24 bits per heavy atom. The maximum absolute atomic E-state index is 12.9. The van der Waals surface area contributed by atoms with E-state index in [1.165, 1.54) is 25.7 Å². The van der Waals surface area contributed by atoms with Gasteiger partial charge in [0.15, 0.2) is 5.16 Å². The molecule has 138 valence electrons. The van der Waals surface area contributed by atoms with E-state index in [1.807, 2.05) is 0 Å². The molecule has 25 heavy (non-hydrogen) atoms. The van der Waals surface area contributed by atoms with Crippen LogP contribution in [0.4, 0.5) is 0 Å². The topological polar surface area (TPSA) is 60.3 Å². The van der Waals surface area contributed by atoms with Crippen LogP contribution in [0.25, 0.3) is 0 Å². The van der Waals surface area contributed by atoms with Crippen LogP contribution in [-0.4, -0.2) is 56.6 Å². The van der Waals surface area contributed by atoms with Crippen LogP contribution >= 0.6 is 11.8 Å². The average Bonchev–Trinajstić information content (AvgIpc) is 3.37. The third kappa shape index (κ3) is 3.58. The Bertz CT molecular complexity index is 627. The third-order valence-corrected chi connectivity index (χ3v) is 6.42. The molecule has 0 radical (unpaired) electrons. The van der Waals surface area contributed by atoms with Gasteiger partial charge in [0.25, 0.3) is 0 Å². The molecule has 0 aromatic carbocycles. The van der Waals surface area contributed by atoms with E-state index in [2.05, 4.69) is 33.5 Å². The van der Waals surface area contributed by atoms with Crippen LogP contribution < -0.4 is 0 Å². The summed E-state index contributed by atoms with van der Waals surface area (Å²) in [5.74, 6) is 2.09. The average molecular weight is 365 g/mol. The second-order valence-electron chi connectivity index (χ2n) is 7.73. The summed E-state index contributed by atoms with van der Waals surface area (Å²) in [6.45, 7) is 5.71. The van der Waals surface area contributed by atoms with Gasteiger partial charge in [0.2, 0.25) is 5.91 Å². The summed E-state index contributed by atoms with van der Waals surface area (Å²) in [5, 5.41) is 9.67. The number of carbonyl (C=O) groups is 1. The van der Waals surface area contributed by atoms with E-state index in [1.54, 1.807) is 11.8 Å². The van der Waals surface area contributed by atoms with Crippen molar-refractivity contribution in [1.82, 2.24) is 19.7 Å². The highest BCUT2D eigenvalue weighted by Crippen LogP contribution is 2.40. The maximum atomic E-state index is 12.9. The van der Waals surface area contributed by atoms with Crippen LogP contribution in [0.3, 0.4) is 0 Å². The molecule has 1 saturated heterocycles. The van der Waals surface area contributed by atoms with Crippen molar-refractivity contribution >= 4 is 17.7 Å². The van der Waals surface area contributed by atoms with E-state index in [4.69, 9.17) is 4.74 Å². The molecule has 2 aliphatic carbocycles. The second-order valence-corrected chi connectivity index (χ2v) is 8.68. The van der Waals surface area contributed by atoms with Crippen molar-refractivity contribution in [3.8, 4) is 0 Å². The van der Waals surface area contributed by atoms with Gasteiger partial charge in [0, 0.05) is 18.5 Å². The highest BCUT2D eigenvalue weighted by Gasteiger charge is 2.37. The summed E-state index contributed by atoms with van der Waals surface area (Å²) in [5.41, 5.74) is 0. The molecule has 2 saturated carbocycles. The number of fused-ring (bicyclic) bond motifs is 1. The van der Waals surface area contributed by atoms with Crippen molar-refractivity contribution in [1.29, 1.82) is 0 Å². The number of nitrogens with zero attached hydrogens (tertiary/aromatic N) is 4. The van der Waals surface area contributed by atoms with Gasteiger partial charge in [0.1, 0.15) is 5.82 Å². The first-order chi connectivity index (χ1) is 12.1. The quantitative estimate of drug-likeness (QED) is 0.752. The molecule has 7 heteroatoms. The van der Waals surface area contributed by atoms with E-state index in [-0.39, 0.29) is 18.1 Å². The van der Waals surface area contributed by atoms with Gasteiger partial charge in [0.05, 0.1) is 24.5 Å². The Balaban J connectivity index is 1.42. The Kier molecular flexibility index (Phi) is 5.04. The number of morpholine rings is 1. The minimum absolute atomic E-state index is 0.224. The summed E-state index contributed by atoms with van der Waals surface area (Å²) in [6.07, 6.45) is 7.25. The molecule has 0 bridgehead atoms. The number of rotatable bonds is 5. The zero-order valence-corrected chi connectivity index (χ0v) is 16.0. The zero-order valence-electron chi connectivity index (χ0n) is 15.2. The Labute approximate surface area is 153 Å². The predicted molar refractivity (Wildman–Crippen MR) is 96.8 cm³/mol. The molecular formula is C18H28N4O2S. The van der Waals surface area contributed by atoms with Gasteiger partial charge in [-0.3, -0.25) is 4.79 Å². The van der Waals surface area contributed by atoms with Gasteiger partial charge in [-0.25, -0.2) is 0 Å². The van der Waals surface area contributed by atoms with Crippen molar-refractivity contribution in [2.75, 3.05) is 18.9 Å². The van der Waals surface area contributed by atoms with Gasteiger partial charge < -0.3 is 14.2 Å². The van der Waals surface area contributed by atoms with Crippen LogP contribution in [0.1, 0.15) is 70.2 Å². The lowest BCUT2D eigenvalue weighted by Crippen LogP contribution is -2.55. The molecule has 0 spiro atoms. The largest absolute Gasteiger partial charge is 0.374 e. The Morgan fingerprint density at radius 3 is 2.80 bits per heavy atom.